The molecule has 0 saturated carbocycles. The van der Waals surface area contributed by atoms with Crippen molar-refractivity contribution in [2.75, 3.05) is 13.2 Å². The van der Waals surface area contributed by atoms with Crippen molar-refractivity contribution in [2.24, 2.45) is 5.92 Å². The largest absolute Gasteiger partial charge is 0.466 e. The average molecular weight is 789 g/mol. The second kappa shape index (κ2) is 51.4. The molecule has 0 aromatic rings. The first-order valence-electron chi connectivity index (χ1n) is 25.2. The molecule has 0 radical (unpaired) electrons. The van der Waals surface area contributed by atoms with Crippen LogP contribution in [0.2, 0.25) is 0 Å². The van der Waals surface area contributed by atoms with E-state index in [0.717, 1.165) is 38.5 Å². The van der Waals surface area contributed by atoms with Gasteiger partial charge in [0.15, 0.2) is 0 Å². The maximum Gasteiger partial charge on any atom is 0.305 e. The third-order valence-corrected chi connectivity index (χ3v) is 11.1. The topological polar surface area (TPSA) is 52.6 Å². The van der Waals surface area contributed by atoms with Crippen molar-refractivity contribution >= 4 is 11.9 Å². The van der Waals surface area contributed by atoms with Crippen LogP contribution in [0.4, 0.5) is 0 Å². The minimum atomic E-state index is 0.00573. The quantitative estimate of drug-likeness (QED) is 0.0351. The van der Waals surface area contributed by atoms with E-state index in [2.05, 4.69) is 58.9 Å². The zero-order chi connectivity index (χ0) is 41.3. The van der Waals surface area contributed by atoms with Crippen molar-refractivity contribution in [3.8, 4) is 0 Å². The Balaban J connectivity index is 0. The van der Waals surface area contributed by atoms with E-state index in [1.807, 2.05) is 0 Å². The minimum Gasteiger partial charge on any atom is -0.466 e. The number of esters is 2. The molecule has 0 aliphatic rings. The highest BCUT2D eigenvalue weighted by Crippen LogP contribution is 2.15. The Bertz CT molecular complexity index is 818. The fraction of sp³-hybridized carbons (Fsp3) is 0.885. The van der Waals surface area contributed by atoms with Gasteiger partial charge in [-0.25, -0.2) is 0 Å². The normalized spacial score (nSPS) is 11.9. The van der Waals surface area contributed by atoms with E-state index in [-0.39, 0.29) is 11.9 Å². The molecule has 1 unspecified atom stereocenters. The molecule has 0 aromatic carbocycles. The van der Waals surface area contributed by atoms with Crippen LogP contribution < -0.4 is 0 Å². The van der Waals surface area contributed by atoms with Crippen LogP contribution in [0.5, 0.6) is 0 Å². The predicted octanol–water partition coefficient (Wildman–Crippen LogP) is 17.7. The van der Waals surface area contributed by atoms with Gasteiger partial charge in [0.1, 0.15) is 0 Å². The summed E-state index contributed by atoms with van der Waals surface area (Å²) in [6.45, 7) is 12.4. The number of carbonyl (C=O) groups is 2. The molecule has 0 heterocycles. The standard InChI is InChI=1S/2C26H50O2/c1-4-7-9-10-11-12-13-14-15-16-17-18-19-20-21-23-26(27)28-24-25(6-3)22-8-5-2;1-3-5-7-9-11-12-13-14-15-16-17-18-19-20-22-24-26(27)28-25-23-21-10-8-6-4-2/h14-15,25H,4-13,16-24H2,1-3H3;14-15H,3-13,16-25H2,1-2H3/b2*15-14-. The maximum atomic E-state index is 11.8. The van der Waals surface area contributed by atoms with Crippen molar-refractivity contribution in [3.63, 3.8) is 0 Å². The molecule has 0 aliphatic carbocycles. The SMILES string of the molecule is CCCCCCCC/C=C\CCCCCCCC(=O)OCC(CC)CCCC.CCCCCCCC/C=C\CCCCCCCC(=O)OCCCCCCCC. The van der Waals surface area contributed by atoms with E-state index in [9.17, 15) is 9.59 Å². The first-order valence-corrected chi connectivity index (χ1v) is 25.2. The van der Waals surface area contributed by atoms with Crippen molar-refractivity contribution < 1.29 is 19.1 Å². The van der Waals surface area contributed by atoms with Crippen LogP contribution in [-0.4, -0.2) is 25.2 Å². The van der Waals surface area contributed by atoms with Gasteiger partial charge in [0, 0.05) is 12.8 Å². The second-order valence-electron chi connectivity index (χ2n) is 16.8. The maximum absolute atomic E-state index is 11.8. The molecule has 0 bridgehead atoms. The lowest BCUT2D eigenvalue weighted by Gasteiger charge is -2.14. The van der Waals surface area contributed by atoms with Crippen molar-refractivity contribution in [3.05, 3.63) is 24.3 Å². The van der Waals surface area contributed by atoms with Crippen LogP contribution in [0, 0.1) is 5.92 Å². The molecular weight excluding hydrogens is 689 g/mol. The van der Waals surface area contributed by atoms with Crippen LogP contribution in [-0.2, 0) is 19.1 Å². The predicted molar refractivity (Wildman–Crippen MR) is 248 cm³/mol. The molecule has 0 spiro atoms. The van der Waals surface area contributed by atoms with Gasteiger partial charge in [0.05, 0.1) is 13.2 Å². The lowest BCUT2D eigenvalue weighted by molar-refractivity contribution is -0.145. The number of carbonyl (C=O) groups excluding carboxylic acids is 2. The number of rotatable bonds is 43. The highest BCUT2D eigenvalue weighted by Gasteiger charge is 2.10. The molecule has 0 saturated heterocycles. The first kappa shape index (κ1) is 56.5. The summed E-state index contributed by atoms with van der Waals surface area (Å²) in [5.41, 5.74) is 0. The monoisotopic (exact) mass is 789 g/mol. The molecular formula is C52H100O4. The number of unbranched alkanes of at least 4 members (excludes halogenated alkanes) is 28. The summed E-state index contributed by atoms with van der Waals surface area (Å²) >= 11 is 0. The van der Waals surface area contributed by atoms with Gasteiger partial charge >= 0.3 is 11.9 Å². The van der Waals surface area contributed by atoms with Crippen LogP contribution in [0.1, 0.15) is 279 Å². The molecule has 4 nitrogen and oxygen atoms in total. The van der Waals surface area contributed by atoms with Gasteiger partial charge in [-0.1, -0.05) is 213 Å². The molecule has 0 aromatic heterocycles. The van der Waals surface area contributed by atoms with Crippen LogP contribution >= 0.6 is 0 Å². The number of hydrogen-bond acceptors (Lipinski definition) is 4. The average Bonchev–Trinajstić information content (AvgIpc) is 3.20. The summed E-state index contributed by atoms with van der Waals surface area (Å²) < 4.78 is 10.8. The zero-order valence-electron chi connectivity index (χ0n) is 38.8. The summed E-state index contributed by atoms with van der Waals surface area (Å²) in [7, 11) is 0. The van der Waals surface area contributed by atoms with Crippen molar-refractivity contribution in [1.29, 1.82) is 0 Å². The van der Waals surface area contributed by atoms with Crippen LogP contribution in [0.3, 0.4) is 0 Å². The summed E-state index contributed by atoms with van der Waals surface area (Å²) in [6, 6.07) is 0. The van der Waals surface area contributed by atoms with E-state index >= 15 is 0 Å². The molecule has 0 aliphatic heterocycles. The Morgan fingerprint density at radius 3 is 1.07 bits per heavy atom. The van der Waals surface area contributed by atoms with Gasteiger partial charge in [0.25, 0.3) is 0 Å². The fourth-order valence-electron chi connectivity index (χ4n) is 7.00. The highest BCUT2D eigenvalue weighted by molar-refractivity contribution is 5.69. The van der Waals surface area contributed by atoms with Crippen molar-refractivity contribution in [1.82, 2.24) is 0 Å². The number of ether oxygens (including phenoxy) is 2. The van der Waals surface area contributed by atoms with Gasteiger partial charge in [-0.3, -0.25) is 9.59 Å². The van der Waals surface area contributed by atoms with Gasteiger partial charge in [-0.05, 0) is 83.0 Å². The Labute approximate surface area is 352 Å². The molecule has 0 N–H and O–H groups in total. The third kappa shape index (κ3) is 50.4. The van der Waals surface area contributed by atoms with E-state index in [4.69, 9.17) is 9.47 Å². The van der Waals surface area contributed by atoms with Crippen LogP contribution in [0.15, 0.2) is 24.3 Å². The van der Waals surface area contributed by atoms with E-state index in [1.54, 1.807) is 0 Å². The zero-order valence-corrected chi connectivity index (χ0v) is 38.8. The molecule has 56 heavy (non-hydrogen) atoms. The summed E-state index contributed by atoms with van der Waals surface area (Å²) in [4.78, 5) is 23.5. The smallest absolute Gasteiger partial charge is 0.305 e. The van der Waals surface area contributed by atoms with E-state index in [1.165, 1.54) is 193 Å². The first-order chi connectivity index (χ1) is 27.5. The third-order valence-electron chi connectivity index (χ3n) is 11.1. The Morgan fingerprint density at radius 2 is 0.696 bits per heavy atom. The van der Waals surface area contributed by atoms with E-state index in [0.29, 0.717) is 32.0 Å². The minimum absolute atomic E-state index is 0.00573. The number of allylic oxidation sites excluding steroid dienone is 4. The second-order valence-corrected chi connectivity index (χ2v) is 16.8. The van der Waals surface area contributed by atoms with Gasteiger partial charge in [0.2, 0.25) is 0 Å². The Morgan fingerprint density at radius 1 is 0.375 bits per heavy atom. The molecule has 1 atom stereocenters. The summed E-state index contributed by atoms with van der Waals surface area (Å²) in [5.74, 6) is 0.566. The number of hydrogen-bond donors (Lipinski definition) is 0. The molecule has 0 rings (SSSR count). The summed E-state index contributed by atoms with van der Waals surface area (Å²) in [5, 5.41) is 0. The van der Waals surface area contributed by atoms with Crippen molar-refractivity contribution in [2.45, 2.75) is 279 Å². The fourth-order valence-corrected chi connectivity index (χ4v) is 7.00. The van der Waals surface area contributed by atoms with Gasteiger partial charge < -0.3 is 9.47 Å². The highest BCUT2D eigenvalue weighted by atomic mass is 16.5. The van der Waals surface area contributed by atoms with Gasteiger partial charge in [-0.15, -0.1) is 0 Å². The molecule has 0 fully saturated rings. The van der Waals surface area contributed by atoms with Crippen LogP contribution in [0.25, 0.3) is 0 Å². The molecule has 4 heteroatoms. The lowest BCUT2D eigenvalue weighted by atomic mass is 10.0. The Hall–Kier alpha value is -1.58. The van der Waals surface area contributed by atoms with Gasteiger partial charge in [-0.2, -0.15) is 0 Å². The Kier molecular flexibility index (Phi) is 51.9. The lowest BCUT2D eigenvalue weighted by Crippen LogP contribution is -2.13. The molecule has 332 valence electrons. The molecule has 0 amide bonds. The van der Waals surface area contributed by atoms with E-state index < -0.39 is 0 Å². The summed E-state index contributed by atoms with van der Waals surface area (Å²) in [6.07, 6.45) is 56.4.